The Hall–Kier alpha value is -1.54. The van der Waals surface area contributed by atoms with Gasteiger partial charge in [-0.05, 0) is 0 Å². The number of halogens is 5. The lowest BCUT2D eigenvalue weighted by atomic mass is 10.3. The van der Waals surface area contributed by atoms with E-state index < -0.39 is 23.9 Å². The molecule has 0 aliphatic rings. The molecule has 0 aliphatic heterocycles. The predicted octanol–water partition coefficient (Wildman–Crippen LogP) is 1.11. The molecule has 0 bridgehead atoms. The van der Waals surface area contributed by atoms with Crippen LogP contribution in [0.1, 0.15) is 5.82 Å². The molecule has 0 unspecified atom stereocenters. The zero-order valence-corrected chi connectivity index (χ0v) is 6.39. The van der Waals surface area contributed by atoms with E-state index in [-0.39, 0.29) is 0 Å². The summed E-state index contributed by atoms with van der Waals surface area (Å²) in [6.07, 6.45) is -5.27. The Bertz CT molecular complexity index is 335. The highest BCUT2D eigenvalue weighted by atomic mass is 19.4. The van der Waals surface area contributed by atoms with Gasteiger partial charge in [-0.25, -0.2) is 9.97 Å². The maximum Gasteiger partial charge on any atom is 0.461 e. The number of hydrogen-bond donors (Lipinski definition) is 1. The van der Waals surface area contributed by atoms with Crippen LogP contribution in [0.3, 0.4) is 0 Å². The molecule has 4 nitrogen and oxygen atoms in total. The summed E-state index contributed by atoms with van der Waals surface area (Å²) in [7, 11) is 0. The first kappa shape index (κ1) is 10.5. The molecular weight excluding hydrogens is 211 g/mol. The molecule has 1 aromatic heterocycles. The second-order valence-corrected chi connectivity index (χ2v) is 2.24. The number of nitrogens with two attached hydrogens (primary N) is 1. The Morgan fingerprint density at radius 3 is 2.07 bits per heavy atom. The normalized spacial score (nSPS) is 12.9. The van der Waals surface area contributed by atoms with Gasteiger partial charge in [0.15, 0.2) is 0 Å². The quantitative estimate of drug-likeness (QED) is 0.711. The van der Waals surface area contributed by atoms with Crippen molar-refractivity contribution < 1.29 is 22.0 Å². The van der Waals surface area contributed by atoms with E-state index in [1.165, 1.54) is 0 Å². The third-order valence-electron chi connectivity index (χ3n) is 1.23. The minimum Gasteiger partial charge on any atom is -0.368 e. The molecule has 78 valence electrons. The summed E-state index contributed by atoms with van der Waals surface area (Å²) in [5.41, 5.74) is 4.84. The molecule has 9 heteroatoms. The number of rotatable bonds is 1. The number of nitrogens with zero attached hydrogens (tertiary/aromatic N) is 3. The fourth-order valence-corrected chi connectivity index (χ4v) is 0.587. The number of nitrogen functional groups attached to an aromatic ring is 1. The summed E-state index contributed by atoms with van der Waals surface area (Å²) in [5.74, 6) is -7.53. The van der Waals surface area contributed by atoms with E-state index in [0.717, 1.165) is 0 Å². The average Bonchev–Trinajstić information content (AvgIpc) is 2.02. The molecule has 14 heavy (non-hydrogen) atoms. The van der Waals surface area contributed by atoms with Crippen LogP contribution in [0, 0.1) is 0 Å². The van der Waals surface area contributed by atoms with Crippen LogP contribution in [0.2, 0.25) is 0 Å². The Labute approximate surface area is 74.0 Å². The highest BCUT2D eigenvalue weighted by molar-refractivity contribution is 5.15. The molecule has 0 saturated carbocycles. The lowest BCUT2D eigenvalue weighted by Gasteiger charge is -2.17. The van der Waals surface area contributed by atoms with Crippen molar-refractivity contribution in [3.63, 3.8) is 0 Å². The topological polar surface area (TPSA) is 64.7 Å². The fraction of sp³-hybridized carbons (Fsp3) is 0.400. The maximum atomic E-state index is 12.5. The first-order valence-electron chi connectivity index (χ1n) is 3.14. The summed E-state index contributed by atoms with van der Waals surface area (Å²) in [5, 5.41) is 0. The predicted molar refractivity (Wildman–Crippen MR) is 34.2 cm³/mol. The summed E-state index contributed by atoms with van der Waals surface area (Å²) >= 11 is 0. The molecule has 0 fully saturated rings. The van der Waals surface area contributed by atoms with Gasteiger partial charge in [0, 0.05) is 0 Å². The van der Waals surface area contributed by atoms with E-state index in [1.54, 1.807) is 0 Å². The van der Waals surface area contributed by atoms with Crippen molar-refractivity contribution >= 4 is 5.95 Å². The van der Waals surface area contributed by atoms with E-state index in [9.17, 15) is 22.0 Å². The molecule has 1 aromatic rings. The summed E-state index contributed by atoms with van der Waals surface area (Å²) in [6, 6.07) is 0. The number of anilines is 1. The van der Waals surface area contributed by atoms with Gasteiger partial charge in [-0.3, -0.25) is 0 Å². The molecule has 1 heterocycles. The Kier molecular flexibility index (Phi) is 2.26. The van der Waals surface area contributed by atoms with E-state index in [1.807, 2.05) is 0 Å². The smallest absolute Gasteiger partial charge is 0.368 e. The van der Waals surface area contributed by atoms with Crippen molar-refractivity contribution in [2.24, 2.45) is 0 Å². The van der Waals surface area contributed by atoms with Crippen molar-refractivity contribution in [1.29, 1.82) is 0 Å². The molecule has 0 spiro atoms. The van der Waals surface area contributed by atoms with Crippen molar-refractivity contribution in [1.82, 2.24) is 15.0 Å². The molecule has 1 rings (SSSR count). The van der Waals surface area contributed by atoms with Crippen LogP contribution in [0.5, 0.6) is 0 Å². The number of alkyl halides is 5. The molecule has 0 atom stereocenters. The highest BCUT2D eigenvalue weighted by Gasteiger charge is 2.61. The maximum absolute atomic E-state index is 12.5. The first-order chi connectivity index (χ1) is 6.25. The van der Waals surface area contributed by atoms with Crippen LogP contribution in [-0.4, -0.2) is 21.1 Å². The average molecular weight is 214 g/mol. The van der Waals surface area contributed by atoms with Gasteiger partial charge in [-0.15, -0.1) is 0 Å². The van der Waals surface area contributed by atoms with Crippen LogP contribution >= 0.6 is 0 Å². The largest absolute Gasteiger partial charge is 0.461 e. The lowest BCUT2D eigenvalue weighted by molar-refractivity contribution is -0.292. The fourth-order valence-electron chi connectivity index (χ4n) is 0.587. The molecule has 0 aromatic carbocycles. The van der Waals surface area contributed by atoms with Gasteiger partial charge in [0.2, 0.25) is 11.8 Å². The number of hydrogen-bond acceptors (Lipinski definition) is 4. The zero-order chi connectivity index (χ0) is 11.0. The van der Waals surface area contributed by atoms with Crippen molar-refractivity contribution in [2.75, 3.05) is 5.73 Å². The van der Waals surface area contributed by atoms with Crippen LogP contribution in [-0.2, 0) is 5.92 Å². The van der Waals surface area contributed by atoms with E-state index in [0.29, 0.717) is 6.33 Å². The van der Waals surface area contributed by atoms with Crippen molar-refractivity contribution in [3.8, 4) is 0 Å². The van der Waals surface area contributed by atoms with Gasteiger partial charge in [0.05, 0.1) is 0 Å². The minimum absolute atomic E-state index is 0.483. The SMILES string of the molecule is Nc1ncnc(C(F)(F)C(F)(F)F)n1. The van der Waals surface area contributed by atoms with Crippen LogP contribution < -0.4 is 5.73 Å². The summed E-state index contributed by atoms with van der Waals surface area (Å²) in [6.45, 7) is 0. The van der Waals surface area contributed by atoms with Gasteiger partial charge in [-0.2, -0.15) is 26.9 Å². The van der Waals surface area contributed by atoms with Crippen molar-refractivity contribution in [2.45, 2.75) is 12.1 Å². The van der Waals surface area contributed by atoms with Gasteiger partial charge >= 0.3 is 12.1 Å². The summed E-state index contributed by atoms with van der Waals surface area (Å²) in [4.78, 5) is 8.49. The second-order valence-electron chi connectivity index (χ2n) is 2.24. The lowest BCUT2D eigenvalue weighted by Crippen LogP contribution is -2.35. The van der Waals surface area contributed by atoms with Crippen molar-refractivity contribution in [3.05, 3.63) is 12.2 Å². The Morgan fingerprint density at radius 2 is 1.64 bits per heavy atom. The molecule has 2 N–H and O–H groups in total. The highest BCUT2D eigenvalue weighted by Crippen LogP contribution is 2.41. The monoisotopic (exact) mass is 214 g/mol. The van der Waals surface area contributed by atoms with E-state index >= 15 is 0 Å². The van der Waals surface area contributed by atoms with Crippen LogP contribution in [0.15, 0.2) is 6.33 Å². The van der Waals surface area contributed by atoms with E-state index in [4.69, 9.17) is 5.73 Å². The molecule has 0 aliphatic carbocycles. The van der Waals surface area contributed by atoms with Gasteiger partial charge in [0.25, 0.3) is 0 Å². The van der Waals surface area contributed by atoms with Gasteiger partial charge in [-0.1, -0.05) is 0 Å². The Morgan fingerprint density at radius 1 is 1.07 bits per heavy atom. The molecule has 0 radical (unpaired) electrons. The third kappa shape index (κ3) is 1.70. The first-order valence-corrected chi connectivity index (χ1v) is 3.14. The summed E-state index contributed by atoms with van der Waals surface area (Å²) < 4.78 is 60.3. The standard InChI is InChI=1S/C5H3F5N4/c6-4(7,5(8,9)10)2-12-1-13-3(11)14-2/h1H,(H2,11,12,13,14). The van der Waals surface area contributed by atoms with E-state index in [2.05, 4.69) is 15.0 Å². The second kappa shape index (κ2) is 3.00. The Balaban J connectivity index is 3.16. The minimum atomic E-state index is -5.75. The third-order valence-corrected chi connectivity index (χ3v) is 1.23. The van der Waals surface area contributed by atoms with Gasteiger partial charge in [0.1, 0.15) is 6.33 Å². The van der Waals surface area contributed by atoms with Crippen LogP contribution in [0.25, 0.3) is 0 Å². The van der Waals surface area contributed by atoms with Gasteiger partial charge < -0.3 is 5.73 Å². The molecule has 0 saturated heterocycles. The zero-order valence-electron chi connectivity index (χ0n) is 6.39. The van der Waals surface area contributed by atoms with Crippen LogP contribution in [0.4, 0.5) is 27.9 Å². The number of aromatic nitrogens is 3. The molecule has 0 amide bonds. The molecular formula is C5H3F5N4.